The van der Waals surface area contributed by atoms with Crippen molar-refractivity contribution in [1.29, 1.82) is 0 Å². The van der Waals surface area contributed by atoms with E-state index in [1.807, 2.05) is 22.9 Å². The normalized spacial score (nSPS) is 15.6. The van der Waals surface area contributed by atoms with Crippen LogP contribution in [0.15, 0.2) is 48.0 Å². The molecule has 29 heavy (non-hydrogen) atoms. The fourth-order valence-electron chi connectivity index (χ4n) is 4.02. The van der Waals surface area contributed by atoms with E-state index in [0.29, 0.717) is 12.6 Å². The van der Waals surface area contributed by atoms with Crippen LogP contribution in [0.3, 0.4) is 0 Å². The maximum absolute atomic E-state index is 12.7. The fourth-order valence-corrected chi connectivity index (χ4v) is 4.89. The monoisotopic (exact) mass is 407 g/mol. The van der Waals surface area contributed by atoms with Crippen LogP contribution >= 0.6 is 11.3 Å². The smallest absolute Gasteiger partial charge is 0.240 e. The minimum Gasteiger partial charge on any atom is -0.352 e. The number of aromatic nitrogens is 2. The number of benzene rings is 1. The van der Waals surface area contributed by atoms with E-state index in [1.54, 1.807) is 11.3 Å². The molecule has 1 aliphatic rings. The lowest BCUT2D eigenvalue weighted by atomic mass is 9.97. The molecule has 0 saturated heterocycles. The molecule has 1 amide bonds. The van der Waals surface area contributed by atoms with Crippen LogP contribution in [0.5, 0.6) is 0 Å². The highest BCUT2D eigenvalue weighted by molar-refractivity contribution is 7.13. The molecule has 2 heterocycles. The molecular weight excluding hydrogens is 378 g/mol. The van der Waals surface area contributed by atoms with Gasteiger partial charge in [0.05, 0.1) is 11.4 Å². The van der Waals surface area contributed by atoms with Gasteiger partial charge >= 0.3 is 0 Å². The molecule has 5 heteroatoms. The molecule has 1 saturated carbocycles. The van der Waals surface area contributed by atoms with Crippen LogP contribution in [0.4, 0.5) is 0 Å². The summed E-state index contributed by atoms with van der Waals surface area (Å²) in [6, 6.07) is 12.8. The first kappa shape index (κ1) is 19.9. The Kier molecular flexibility index (Phi) is 6.45. The zero-order valence-corrected chi connectivity index (χ0v) is 17.9. The Hall–Kier alpha value is -2.40. The Labute approximate surface area is 177 Å². The number of hydrogen-bond donors (Lipinski definition) is 1. The lowest BCUT2D eigenvalue weighted by Gasteiger charge is -2.21. The van der Waals surface area contributed by atoms with Crippen molar-refractivity contribution in [2.45, 2.75) is 64.5 Å². The van der Waals surface area contributed by atoms with Crippen LogP contribution in [0.1, 0.15) is 50.5 Å². The highest BCUT2D eigenvalue weighted by Gasteiger charge is 2.16. The third-order valence-electron chi connectivity index (χ3n) is 5.68. The Morgan fingerprint density at radius 1 is 1.10 bits per heavy atom. The highest BCUT2D eigenvalue weighted by atomic mass is 32.1. The summed E-state index contributed by atoms with van der Waals surface area (Å²) in [5.41, 5.74) is 4.35. The van der Waals surface area contributed by atoms with Gasteiger partial charge in [-0.15, -0.1) is 11.3 Å². The van der Waals surface area contributed by atoms with Gasteiger partial charge in [-0.3, -0.25) is 4.79 Å². The maximum atomic E-state index is 12.7. The van der Waals surface area contributed by atoms with Crippen molar-refractivity contribution in [3.8, 4) is 22.0 Å². The van der Waals surface area contributed by atoms with E-state index >= 15 is 0 Å². The number of amides is 1. The van der Waals surface area contributed by atoms with Gasteiger partial charge in [0.25, 0.3) is 0 Å². The molecule has 4 rings (SSSR count). The predicted octanol–water partition coefficient (Wildman–Crippen LogP) is 5.82. The van der Waals surface area contributed by atoms with Crippen molar-refractivity contribution in [1.82, 2.24) is 14.9 Å². The van der Waals surface area contributed by atoms with E-state index in [-0.39, 0.29) is 5.91 Å². The number of carbonyl (C=O) groups is 1. The quantitative estimate of drug-likeness (QED) is 0.579. The van der Waals surface area contributed by atoms with Crippen LogP contribution in [0, 0.1) is 6.92 Å². The van der Waals surface area contributed by atoms with Gasteiger partial charge in [0, 0.05) is 23.2 Å². The lowest BCUT2D eigenvalue weighted by molar-refractivity contribution is -0.122. The molecule has 3 aromatic rings. The third-order valence-corrected chi connectivity index (χ3v) is 6.55. The number of hydrogen-bond acceptors (Lipinski definition) is 3. The number of nitrogens with zero attached hydrogens (tertiary/aromatic N) is 2. The first-order valence-corrected chi connectivity index (χ1v) is 11.5. The SMILES string of the molecule is Cc1ccc(-c2csc(-c3cccn3CC(=O)NC3CCCCCCC3)n2)cc1. The number of thiazole rings is 1. The standard InChI is InChI=1S/C24H29N3OS/c1-18-11-13-19(14-12-18)21-17-29-24(26-21)22-10-7-15-27(22)16-23(28)25-20-8-5-3-2-4-6-9-20/h7,10-15,17,20H,2-6,8-9,16H2,1H3,(H,25,28). The van der Waals surface area contributed by atoms with Gasteiger partial charge in [0.15, 0.2) is 0 Å². The van der Waals surface area contributed by atoms with Gasteiger partial charge in [-0.25, -0.2) is 4.98 Å². The van der Waals surface area contributed by atoms with Crippen molar-refractivity contribution < 1.29 is 4.79 Å². The largest absolute Gasteiger partial charge is 0.352 e. The summed E-state index contributed by atoms with van der Waals surface area (Å²) in [5, 5.41) is 6.30. The van der Waals surface area contributed by atoms with Gasteiger partial charge in [-0.05, 0) is 31.9 Å². The molecule has 152 valence electrons. The molecule has 1 aliphatic carbocycles. The number of rotatable bonds is 5. The van der Waals surface area contributed by atoms with E-state index in [9.17, 15) is 4.79 Å². The summed E-state index contributed by atoms with van der Waals surface area (Å²) in [7, 11) is 0. The molecule has 1 fully saturated rings. The number of aryl methyl sites for hydroxylation is 1. The topological polar surface area (TPSA) is 46.9 Å². The summed E-state index contributed by atoms with van der Waals surface area (Å²) in [5.74, 6) is 0.100. The summed E-state index contributed by atoms with van der Waals surface area (Å²) < 4.78 is 2.01. The van der Waals surface area contributed by atoms with Crippen molar-refractivity contribution in [2.75, 3.05) is 0 Å². The first-order valence-electron chi connectivity index (χ1n) is 10.7. The minimum absolute atomic E-state index is 0.100. The van der Waals surface area contributed by atoms with Crippen LogP contribution in [0.2, 0.25) is 0 Å². The minimum atomic E-state index is 0.100. The van der Waals surface area contributed by atoms with E-state index in [1.165, 1.54) is 37.7 Å². The van der Waals surface area contributed by atoms with E-state index in [0.717, 1.165) is 34.8 Å². The van der Waals surface area contributed by atoms with Gasteiger partial charge < -0.3 is 9.88 Å². The Morgan fingerprint density at radius 3 is 2.59 bits per heavy atom. The average molecular weight is 408 g/mol. The predicted molar refractivity (Wildman–Crippen MR) is 120 cm³/mol. The first-order chi connectivity index (χ1) is 14.2. The summed E-state index contributed by atoms with van der Waals surface area (Å²) >= 11 is 1.62. The Morgan fingerprint density at radius 2 is 1.83 bits per heavy atom. The fraction of sp³-hybridized carbons (Fsp3) is 0.417. The molecule has 4 nitrogen and oxygen atoms in total. The lowest BCUT2D eigenvalue weighted by Crippen LogP contribution is -2.37. The maximum Gasteiger partial charge on any atom is 0.240 e. The van der Waals surface area contributed by atoms with Gasteiger partial charge in [-0.1, -0.05) is 61.9 Å². The molecule has 0 bridgehead atoms. The van der Waals surface area contributed by atoms with Crippen LogP contribution in [-0.2, 0) is 11.3 Å². The molecule has 1 aromatic carbocycles. The molecule has 2 aromatic heterocycles. The van der Waals surface area contributed by atoms with Gasteiger partial charge in [-0.2, -0.15) is 0 Å². The van der Waals surface area contributed by atoms with E-state index < -0.39 is 0 Å². The van der Waals surface area contributed by atoms with E-state index in [4.69, 9.17) is 4.98 Å². The molecule has 0 aliphatic heterocycles. The zero-order valence-electron chi connectivity index (χ0n) is 17.1. The van der Waals surface area contributed by atoms with Crippen LogP contribution in [0.25, 0.3) is 22.0 Å². The Bertz CT molecular complexity index is 933. The second kappa shape index (κ2) is 9.40. The van der Waals surface area contributed by atoms with Crippen molar-refractivity contribution in [3.63, 3.8) is 0 Å². The zero-order chi connectivity index (χ0) is 20.1. The molecule has 0 spiro atoms. The van der Waals surface area contributed by atoms with Crippen molar-refractivity contribution >= 4 is 17.2 Å². The summed E-state index contributed by atoms with van der Waals surface area (Å²) in [6.07, 6.45) is 10.6. The third kappa shape index (κ3) is 5.15. The highest BCUT2D eigenvalue weighted by Crippen LogP contribution is 2.29. The molecule has 0 unspecified atom stereocenters. The number of nitrogens with one attached hydrogen (secondary N) is 1. The molecule has 1 N–H and O–H groups in total. The van der Waals surface area contributed by atoms with Crippen molar-refractivity contribution in [3.05, 3.63) is 53.5 Å². The average Bonchev–Trinajstić information content (AvgIpc) is 3.34. The van der Waals surface area contributed by atoms with Crippen molar-refractivity contribution in [2.24, 2.45) is 0 Å². The van der Waals surface area contributed by atoms with Gasteiger partial charge in [0.1, 0.15) is 11.6 Å². The summed E-state index contributed by atoms with van der Waals surface area (Å²) in [6.45, 7) is 2.43. The molecule has 0 atom stereocenters. The van der Waals surface area contributed by atoms with Gasteiger partial charge in [0.2, 0.25) is 5.91 Å². The Balaban J connectivity index is 1.43. The van der Waals surface area contributed by atoms with Crippen LogP contribution < -0.4 is 5.32 Å². The number of carbonyl (C=O) groups excluding carboxylic acids is 1. The molecule has 0 radical (unpaired) electrons. The summed E-state index contributed by atoms with van der Waals surface area (Å²) in [4.78, 5) is 17.5. The molecular formula is C24H29N3OS. The van der Waals surface area contributed by atoms with E-state index in [2.05, 4.69) is 41.9 Å². The van der Waals surface area contributed by atoms with Crippen LogP contribution in [-0.4, -0.2) is 21.5 Å². The second-order valence-corrected chi connectivity index (χ2v) is 8.89. The second-order valence-electron chi connectivity index (χ2n) is 8.03.